The monoisotopic (exact) mass is 230 g/mol. The van der Waals surface area contributed by atoms with Gasteiger partial charge < -0.3 is 5.11 Å². The van der Waals surface area contributed by atoms with Crippen LogP contribution in [0.25, 0.3) is 21.1 Å². The fraction of sp³-hybridized carbons (Fsp3) is 0. The molecule has 0 bridgehead atoms. The van der Waals surface area contributed by atoms with E-state index < -0.39 is 5.97 Å². The first-order valence-electron chi connectivity index (χ1n) is 4.63. The first kappa shape index (κ1) is 9.23. The molecule has 16 heavy (non-hydrogen) atoms. The molecule has 0 amide bonds. The zero-order valence-corrected chi connectivity index (χ0v) is 8.86. The third kappa shape index (κ3) is 1.25. The van der Waals surface area contributed by atoms with Crippen LogP contribution in [-0.2, 0) is 0 Å². The van der Waals surface area contributed by atoms with Crippen LogP contribution in [0.5, 0.6) is 0 Å². The maximum absolute atomic E-state index is 11.0. The molecule has 0 saturated heterocycles. The molecule has 3 aromatic rings. The number of carboxylic acid groups (broad SMARTS) is 1. The molecule has 0 radical (unpaired) electrons. The largest absolute Gasteiger partial charge is 0.478 e. The van der Waals surface area contributed by atoms with Crippen LogP contribution < -0.4 is 0 Å². The number of carbonyl (C=O) groups is 1. The summed E-state index contributed by atoms with van der Waals surface area (Å²) in [7, 11) is 0. The Labute approximate surface area is 94.3 Å². The van der Waals surface area contributed by atoms with Crippen LogP contribution in [0.4, 0.5) is 0 Å². The molecular formula is C11H6N2O2S. The van der Waals surface area contributed by atoms with Crippen molar-refractivity contribution in [2.24, 2.45) is 0 Å². The molecule has 0 aliphatic heterocycles. The minimum absolute atomic E-state index is 0.229. The third-order valence-corrected chi connectivity index (χ3v) is 3.11. The van der Waals surface area contributed by atoms with Crippen molar-refractivity contribution >= 4 is 38.6 Å². The van der Waals surface area contributed by atoms with Gasteiger partial charge in [0, 0.05) is 10.8 Å². The number of aromatic nitrogens is 2. The van der Waals surface area contributed by atoms with Crippen LogP contribution in [-0.4, -0.2) is 20.4 Å². The summed E-state index contributed by atoms with van der Waals surface area (Å²) >= 11 is 1.27. The summed E-state index contributed by atoms with van der Waals surface area (Å²) in [4.78, 5) is 16.1. The lowest BCUT2D eigenvalue weighted by atomic mass is 10.1. The van der Waals surface area contributed by atoms with Gasteiger partial charge in [-0.05, 0) is 23.7 Å². The molecule has 0 spiro atoms. The molecule has 2 aromatic heterocycles. The quantitative estimate of drug-likeness (QED) is 0.697. The third-order valence-electron chi connectivity index (χ3n) is 2.40. The summed E-state index contributed by atoms with van der Waals surface area (Å²) in [6.45, 7) is 0. The Morgan fingerprint density at radius 3 is 3.00 bits per heavy atom. The van der Waals surface area contributed by atoms with E-state index in [2.05, 4.69) is 9.36 Å². The summed E-state index contributed by atoms with van der Waals surface area (Å²) in [6, 6.07) is 7.04. The van der Waals surface area contributed by atoms with Crippen molar-refractivity contribution < 1.29 is 9.90 Å². The number of carboxylic acids is 1. The van der Waals surface area contributed by atoms with Gasteiger partial charge >= 0.3 is 5.97 Å². The number of rotatable bonds is 1. The van der Waals surface area contributed by atoms with Gasteiger partial charge in [0.05, 0.1) is 17.3 Å². The first-order valence-corrected chi connectivity index (χ1v) is 5.40. The fourth-order valence-electron chi connectivity index (χ4n) is 1.67. The van der Waals surface area contributed by atoms with E-state index in [4.69, 9.17) is 5.11 Å². The molecule has 0 fully saturated rings. The maximum atomic E-state index is 11.0. The van der Waals surface area contributed by atoms with Gasteiger partial charge in [-0.3, -0.25) is 0 Å². The van der Waals surface area contributed by atoms with Crippen molar-refractivity contribution in [3.8, 4) is 0 Å². The molecule has 78 valence electrons. The highest BCUT2D eigenvalue weighted by Crippen LogP contribution is 2.24. The van der Waals surface area contributed by atoms with Crippen molar-refractivity contribution in [2.45, 2.75) is 0 Å². The Hall–Kier alpha value is -2.01. The molecule has 0 aliphatic carbocycles. The Morgan fingerprint density at radius 2 is 2.19 bits per heavy atom. The van der Waals surface area contributed by atoms with Gasteiger partial charge in [0.2, 0.25) is 0 Å². The molecule has 0 saturated carbocycles. The van der Waals surface area contributed by atoms with E-state index in [-0.39, 0.29) is 5.56 Å². The standard InChI is InChI=1S/C11H6N2O2S/c14-11(15)8-3-1-2-6-4-7-5-12-16-10(7)13-9(6)8/h1-5H,(H,14,15). The van der Waals surface area contributed by atoms with Gasteiger partial charge in [-0.15, -0.1) is 0 Å². The summed E-state index contributed by atoms with van der Waals surface area (Å²) in [6.07, 6.45) is 1.74. The van der Waals surface area contributed by atoms with E-state index in [1.54, 1.807) is 18.3 Å². The van der Waals surface area contributed by atoms with Gasteiger partial charge in [0.1, 0.15) is 4.83 Å². The topological polar surface area (TPSA) is 63.1 Å². The highest BCUT2D eigenvalue weighted by atomic mass is 32.1. The van der Waals surface area contributed by atoms with Crippen LogP contribution in [0.3, 0.4) is 0 Å². The second kappa shape index (κ2) is 3.24. The number of hydrogen-bond acceptors (Lipinski definition) is 4. The van der Waals surface area contributed by atoms with Crippen LogP contribution in [0.2, 0.25) is 0 Å². The summed E-state index contributed by atoms with van der Waals surface area (Å²) in [5.41, 5.74) is 0.750. The van der Waals surface area contributed by atoms with E-state index in [1.807, 2.05) is 12.1 Å². The van der Waals surface area contributed by atoms with Crippen molar-refractivity contribution in [3.63, 3.8) is 0 Å². The molecular weight excluding hydrogens is 224 g/mol. The van der Waals surface area contributed by atoms with Crippen molar-refractivity contribution in [2.75, 3.05) is 0 Å². The molecule has 0 atom stereocenters. The number of fused-ring (bicyclic) bond motifs is 2. The second-order valence-corrected chi connectivity index (χ2v) is 4.17. The number of benzene rings is 1. The van der Waals surface area contributed by atoms with E-state index in [0.717, 1.165) is 15.6 Å². The van der Waals surface area contributed by atoms with Gasteiger partial charge in [0.25, 0.3) is 0 Å². The highest BCUT2D eigenvalue weighted by molar-refractivity contribution is 7.12. The summed E-state index contributed by atoms with van der Waals surface area (Å²) in [5, 5.41) is 10.8. The highest BCUT2D eigenvalue weighted by Gasteiger charge is 2.10. The molecule has 0 aliphatic rings. The summed E-state index contributed by atoms with van der Waals surface area (Å²) < 4.78 is 4.03. The number of hydrogen-bond donors (Lipinski definition) is 1. The molecule has 5 heteroatoms. The second-order valence-electron chi connectivity index (χ2n) is 3.39. The SMILES string of the molecule is O=C(O)c1cccc2cc3cnsc3nc12. The Morgan fingerprint density at radius 1 is 1.31 bits per heavy atom. The normalized spacial score (nSPS) is 11.0. The average molecular weight is 230 g/mol. The number of nitrogens with zero attached hydrogens (tertiary/aromatic N) is 2. The van der Waals surface area contributed by atoms with Crippen LogP contribution in [0, 0.1) is 0 Å². The maximum Gasteiger partial charge on any atom is 0.337 e. The molecule has 4 nitrogen and oxygen atoms in total. The lowest BCUT2D eigenvalue weighted by Crippen LogP contribution is -1.98. The van der Waals surface area contributed by atoms with Crippen LogP contribution >= 0.6 is 11.5 Å². The van der Waals surface area contributed by atoms with Gasteiger partial charge in [-0.25, -0.2) is 9.78 Å². The van der Waals surface area contributed by atoms with Crippen LogP contribution in [0.15, 0.2) is 30.5 Å². The predicted molar refractivity (Wildman–Crippen MR) is 61.9 cm³/mol. The Kier molecular flexibility index (Phi) is 1.87. The van der Waals surface area contributed by atoms with E-state index in [9.17, 15) is 4.79 Å². The molecule has 0 unspecified atom stereocenters. The lowest BCUT2D eigenvalue weighted by Gasteiger charge is -2.00. The molecule has 3 rings (SSSR count). The van der Waals surface area contributed by atoms with Crippen LogP contribution in [0.1, 0.15) is 10.4 Å². The van der Waals surface area contributed by atoms with E-state index >= 15 is 0 Å². The fourth-order valence-corrected chi connectivity index (χ4v) is 2.28. The van der Waals surface area contributed by atoms with Gasteiger partial charge in [0.15, 0.2) is 0 Å². The van der Waals surface area contributed by atoms with Gasteiger partial charge in [-0.1, -0.05) is 12.1 Å². The van der Waals surface area contributed by atoms with E-state index in [1.165, 1.54) is 11.5 Å². The molecule has 1 aromatic carbocycles. The number of para-hydroxylation sites is 1. The lowest BCUT2D eigenvalue weighted by molar-refractivity contribution is 0.0699. The Balaban J connectivity index is 2.49. The van der Waals surface area contributed by atoms with Crippen molar-refractivity contribution in [1.82, 2.24) is 9.36 Å². The van der Waals surface area contributed by atoms with Crippen molar-refractivity contribution in [1.29, 1.82) is 0 Å². The Bertz CT molecular complexity index is 705. The summed E-state index contributed by atoms with van der Waals surface area (Å²) in [5.74, 6) is -0.957. The first-order chi connectivity index (χ1) is 7.75. The number of aromatic carboxylic acids is 1. The molecule has 1 N–H and O–H groups in total. The van der Waals surface area contributed by atoms with Gasteiger partial charge in [-0.2, -0.15) is 4.37 Å². The smallest absolute Gasteiger partial charge is 0.337 e. The average Bonchev–Trinajstić information content (AvgIpc) is 2.71. The minimum Gasteiger partial charge on any atom is -0.478 e. The van der Waals surface area contributed by atoms with E-state index in [0.29, 0.717) is 5.52 Å². The zero-order valence-electron chi connectivity index (χ0n) is 8.04. The zero-order chi connectivity index (χ0) is 11.1. The van der Waals surface area contributed by atoms with Crippen molar-refractivity contribution in [3.05, 3.63) is 36.0 Å². The molecule has 2 heterocycles. The number of pyridine rings is 1. The predicted octanol–water partition coefficient (Wildman–Crippen LogP) is 2.54. The minimum atomic E-state index is -0.957.